The first-order valence-corrected chi connectivity index (χ1v) is 4.83. The lowest BCUT2D eigenvalue weighted by Crippen LogP contribution is -2.05. The predicted molar refractivity (Wildman–Crippen MR) is 56.6 cm³/mol. The van der Waals surface area contributed by atoms with Crippen LogP contribution < -0.4 is 10.5 Å². The number of alkyl halides is 2. The number of nitrogens with two attached hydrogens (primary N) is 1. The minimum absolute atomic E-state index is 0.122. The van der Waals surface area contributed by atoms with E-state index in [1.807, 2.05) is 0 Å². The van der Waals surface area contributed by atoms with Gasteiger partial charge < -0.3 is 10.5 Å². The number of rotatable bonds is 4. The summed E-state index contributed by atoms with van der Waals surface area (Å²) in [7, 11) is 0. The Kier molecular flexibility index (Phi) is 3.17. The van der Waals surface area contributed by atoms with Crippen molar-refractivity contribution < 1.29 is 13.5 Å². The molecule has 0 unspecified atom stereocenters. The van der Waals surface area contributed by atoms with Gasteiger partial charge in [-0.15, -0.1) is 5.10 Å². The smallest absolute Gasteiger partial charge is 0.387 e. The Balaban J connectivity index is 2.03. The molecule has 90 valence electrons. The Morgan fingerprint density at radius 2 is 2.00 bits per heavy atom. The van der Waals surface area contributed by atoms with Gasteiger partial charge in [0.15, 0.2) is 5.82 Å². The topological polar surface area (TPSA) is 66.0 Å². The zero-order valence-electron chi connectivity index (χ0n) is 8.75. The molecule has 2 N–H and O–H groups in total. The summed E-state index contributed by atoms with van der Waals surface area (Å²) in [5.74, 6) is 0.458. The average molecular weight is 240 g/mol. The van der Waals surface area contributed by atoms with Gasteiger partial charge in [-0.25, -0.2) is 0 Å². The number of aromatic nitrogens is 3. The maximum atomic E-state index is 11.9. The zero-order chi connectivity index (χ0) is 12.3. The summed E-state index contributed by atoms with van der Waals surface area (Å²) in [5.41, 5.74) is 6.28. The molecule has 7 heteroatoms. The SMILES string of the molecule is Nc1cnn(Cc2ccc(OC(F)F)cc2)n1. The van der Waals surface area contributed by atoms with Crippen molar-refractivity contribution in [2.45, 2.75) is 13.2 Å². The van der Waals surface area contributed by atoms with Crippen LogP contribution in [0.15, 0.2) is 30.5 Å². The van der Waals surface area contributed by atoms with E-state index in [-0.39, 0.29) is 5.75 Å². The number of benzene rings is 1. The molecule has 0 saturated carbocycles. The highest BCUT2D eigenvalue weighted by Gasteiger charge is 2.04. The highest BCUT2D eigenvalue weighted by Crippen LogP contribution is 2.15. The first kappa shape index (κ1) is 11.3. The summed E-state index contributed by atoms with van der Waals surface area (Å²) in [6.45, 7) is -2.39. The van der Waals surface area contributed by atoms with Crippen molar-refractivity contribution in [3.05, 3.63) is 36.0 Å². The number of anilines is 1. The normalized spacial score (nSPS) is 10.8. The van der Waals surface area contributed by atoms with Crippen LogP contribution in [0.4, 0.5) is 14.6 Å². The zero-order valence-corrected chi connectivity index (χ0v) is 8.75. The van der Waals surface area contributed by atoms with E-state index in [4.69, 9.17) is 5.73 Å². The minimum Gasteiger partial charge on any atom is -0.435 e. The van der Waals surface area contributed by atoms with Crippen molar-refractivity contribution in [1.29, 1.82) is 0 Å². The first-order valence-electron chi connectivity index (χ1n) is 4.83. The summed E-state index contributed by atoms with van der Waals surface area (Å²) in [4.78, 5) is 1.41. The third-order valence-electron chi connectivity index (χ3n) is 2.03. The molecule has 0 radical (unpaired) electrons. The van der Waals surface area contributed by atoms with E-state index < -0.39 is 6.61 Å². The van der Waals surface area contributed by atoms with E-state index in [1.54, 1.807) is 12.1 Å². The molecule has 2 rings (SSSR count). The molecular weight excluding hydrogens is 230 g/mol. The molecule has 0 amide bonds. The fraction of sp³-hybridized carbons (Fsp3) is 0.200. The second-order valence-corrected chi connectivity index (χ2v) is 3.32. The van der Waals surface area contributed by atoms with Gasteiger partial charge in [-0.2, -0.15) is 18.7 Å². The molecule has 0 atom stereocenters. The van der Waals surface area contributed by atoms with Crippen LogP contribution in [0.3, 0.4) is 0 Å². The summed E-state index contributed by atoms with van der Waals surface area (Å²) >= 11 is 0. The number of hydrogen-bond donors (Lipinski definition) is 1. The number of ether oxygens (including phenoxy) is 1. The van der Waals surface area contributed by atoms with Crippen LogP contribution in [0.2, 0.25) is 0 Å². The molecule has 0 spiro atoms. The molecule has 0 saturated heterocycles. The highest BCUT2D eigenvalue weighted by atomic mass is 19.3. The van der Waals surface area contributed by atoms with Crippen molar-refractivity contribution in [3.8, 4) is 5.75 Å². The van der Waals surface area contributed by atoms with Crippen molar-refractivity contribution in [2.75, 3.05) is 5.73 Å². The monoisotopic (exact) mass is 240 g/mol. The fourth-order valence-corrected chi connectivity index (χ4v) is 1.33. The van der Waals surface area contributed by atoms with Gasteiger partial charge in [0.25, 0.3) is 0 Å². The van der Waals surface area contributed by atoms with Gasteiger partial charge in [0.2, 0.25) is 0 Å². The molecule has 0 aliphatic carbocycles. The van der Waals surface area contributed by atoms with Crippen LogP contribution in [-0.4, -0.2) is 21.6 Å². The summed E-state index contributed by atoms with van der Waals surface area (Å²) in [6.07, 6.45) is 1.44. The van der Waals surface area contributed by atoms with Gasteiger partial charge in [-0.1, -0.05) is 12.1 Å². The lowest BCUT2D eigenvalue weighted by Gasteiger charge is -2.05. The second kappa shape index (κ2) is 4.77. The van der Waals surface area contributed by atoms with Gasteiger partial charge in [0, 0.05) is 0 Å². The Hall–Kier alpha value is -2.18. The Labute approximate surface area is 95.8 Å². The average Bonchev–Trinajstić information content (AvgIpc) is 2.66. The largest absolute Gasteiger partial charge is 0.435 e. The lowest BCUT2D eigenvalue weighted by molar-refractivity contribution is -0.0498. The third-order valence-corrected chi connectivity index (χ3v) is 2.03. The quantitative estimate of drug-likeness (QED) is 0.879. The molecule has 2 aromatic rings. The van der Waals surface area contributed by atoms with Crippen LogP contribution in [0.5, 0.6) is 5.75 Å². The molecule has 17 heavy (non-hydrogen) atoms. The van der Waals surface area contributed by atoms with E-state index in [0.29, 0.717) is 12.4 Å². The summed E-state index contributed by atoms with van der Waals surface area (Å²) in [5, 5.41) is 7.82. The van der Waals surface area contributed by atoms with E-state index in [1.165, 1.54) is 23.1 Å². The first-order chi connectivity index (χ1) is 8.13. The Morgan fingerprint density at radius 3 is 2.53 bits per heavy atom. The van der Waals surface area contributed by atoms with Gasteiger partial charge >= 0.3 is 6.61 Å². The Morgan fingerprint density at radius 1 is 1.29 bits per heavy atom. The van der Waals surface area contributed by atoms with Crippen LogP contribution in [0, 0.1) is 0 Å². The van der Waals surface area contributed by atoms with Gasteiger partial charge in [0.05, 0.1) is 12.7 Å². The third kappa shape index (κ3) is 3.13. The minimum atomic E-state index is -2.81. The summed E-state index contributed by atoms with van der Waals surface area (Å²) < 4.78 is 28.1. The molecule has 1 aromatic heterocycles. The molecule has 0 aliphatic rings. The van der Waals surface area contributed by atoms with Crippen LogP contribution >= 0.6 is 0 Å². The van der Waals surface area contributed by atoms with Gasteiger partial charge in [0.1, 0.15) is 5.75 Å². The van der Waals surface area contributed by atoms with E-state index in [9.17, 15) is 8.78 Å². The van der Waals surface area contributed by atoms with Gasteiger partial charge in [-0.05, 0) is 17.7 Å². The van der Waals surface area contributed by atoms with Crippen molar-refractivity contribution in [3.63, 3.8) is 0 Å². The molecule has 0 bridgehead atoms. The molecule has 1 aromatic carbocycles. The van der Waals surface area contributed by atoms with Crippen LogP contribution in [0.1, 0.15) is 5.56 Å². The van der Waals surface area contributed by atoms with E-state index >= 15 is 0 Å². The standard InChI is InChI=1S/C10H10F2N4O/c11-10(12)17-8-3-1-7(2-4-8)6-16-14-5-9(13)15-16/h1-5,10H,6H2,(H2,13,15). The molecule has 5 nitrogen and oxygen atoms in total. The lowest BCUT2D eigenvalue weighted by atomic mass is 10.2. The van der Waals surface area contributed by atoms with E-state index in [2.05, 4.69) is 14.9 Å². The number of nitrogens with zero attached hydrogens (tertiary/aromatic N) is 3. The van der Waals surface area contributed by atoms with Crippen LogP contribution in [0.25, 0.3) is 0 Å². The van der Waals surface area contributed by atoms with E-state index in [0.717, 1.165) is 5.56 Å². The molecular formula is C10H10F2N4O. The maximum absolute atomic E-state index is 11.9. The number of nitrogen functional groups attached to an aromatic ring is 1. The number of halogens is 2. The van der Waals surface area contributed by atoms with Gasteiger partial charge in [-0.3, -0.25) is 0 Å². The fourth-order valence-electron chi connectivity index (χ4n) is 1.33. The van der Waals surface area contributed by atoms with Crippen LogP contribution in [-0.2, 0) is 6.54 Å². The maximum Gasteiger partial charge on any atom is 0.387 e. The van der Waals surface area contributed by atoms with Crippen molar-refractivity contribution in [2.24, 2.45) is 0 Å². The predicted octanol–water partition coefficient (Wildman–Crippen LogP) is 1.51. The molecule has 0 fully saturated rings. The molecule has 0 aliphatic heterocycles. The molecule has 1 heterocycles. The summed E-state index contributed by atoms with van der Waals surface area (Å²) in [6, 6.07) is 6.26. The van der Waals surface area contributed by atoms with Crippen molar-refractivity contribution in [1.82, 2.24) is 15.0 Å². The second-order valence-electron chi connectivity index (χ2n) is 3.32. The highest BCUT2D eigenvalue weighted by molar-refractivity contribution is 5.27. The Bertz CT molecular complexity index is 483. The van der Waals surface area contributed by atoms with Crippen molar-refractivity contribution >= 4 is 5.82 Å². The number of hydrogen-bond acceptors (Lipinski definition) is 4.